The van der Waals surface area contributed by atoms with E-state index in [2.05, 4.69) is 14.7 Å². The van der Waals surface area contributed by atoms with Gasteiger partial charge in [0.05, 0.1) is 13.0 Å². The van der Waals surface area contributed by atoms with E-state index >= 15 is 0 Å². The van der Waals surface area contributed by atoms with Gasteiger partial charge in [0.2, 0.25) is 5.78 Å². The summed E-state index contributed by atoms with van der Waals surface area (Å²) in [4.78, 5) is 30.0. The lowest BCUT2D eigenvalue weighted by molar-refractivity contribution is -0.153. The Labute approximate surface area is 124 Å². The van der Waals surface area contributed by atoms with Crippen molar-refractivity contribution < 1.29 is 14.3 Å². The van der Waals surface area contributed by atoms with Crippen LogP contribution in [0.15, 0.2) is 48.8 Å². The van der Waals surface area contributed by atoms with Gasteiger partial charge < -0.3 is 4.74 Å². The van der Waals surface area contributed by atoms with Crippen molar-refractivity contribution in [3.05, 3.63) is 60.2 Å². The largest absolute Gasteiger partial charge is 0.460 e. The topological polar surface area (TPSA) is 69.2 Å². The van der Waals surface area contributed by atoms with Crippen LogP contribution in [0, 0.1) is 6.92 Å². The second-order valence-corrected chi connectivity index (χ2v) is 4.11. The van der Waals surface area contributed by atoms with Crippen molar-refractivity contribution >= 4 is 11.8 Å². The number of aromatic nitrogens is 2. The van der Waals surface area contributed by atoms with Gasteiger partial charge in [-0.3, -0.25) is 14.8 Å². The number of pyridine rings is 2. The average Bonchev–Trinajstić information content (AvgIpc) is 2.50. The summed E-state index contributed by atoms with van der Waals surface area (Å²) in [5.74, 6) is -1.36. The molecule has 0 spiro atoms. The fourth-order valence-corrected chi connectivity index (χ4v) is 1.40. The standard InChI is InChI=1S/C10H11NO3.C6H7N/c1-2-14-10(13)9(12)7-8-5-3-4-6-11-8;1-6-4-2-3-5-7-6/h3-6H,2,7H2,1H3;2-5H,1H3. The van der Waals surface area contributed by atoms with Gasteiger partial charge in [-0.2, -0.15) is 0 Å². The monoisotopic (exact) mass is 286 g/mol. The van der Waals surface area contributed by atoms with Gasteiger partial charge in [-0.1, -0.05) is 12.1 Å². The van der Waals surface area contributed by atoms with E-state index in [1.807, 2.05) is 25.1 Å². The highest BCUT2D eigenvalue weighted by atomic mass is 16.5. The number of hydrogen-bond acceptors (Lipinski definition) is 5. The molecular formula is C16H18N2O3. The van der Waals surface area contributed by atoms with Crippen molar-refractivity contribution in [1.29, 1.82) is 0 Å². The van der Waals surface area contributed by atoms with Crippen LogP contribution in [0.25, 0.3) is 0 Å². The molecule has 0 N–H and O–H groups in total. The molecule has 2 rings (SSSR count). The first-order valence-electron chi connectivity index (χ1n) is 6.61. The zero-order valence-electron chi connectivity index (χ0n) is 12.2. The predicted molar refractivity (Wildman–Crippen MR) is 78.6 cm³/mol. The number of carbonyl (C=O) groups excluding carboxylic acids is 2. The summed E-state index contributed by atoms with van der Waals surface area (Å²) in [6.07, 6.45) is 3.36. The number of aryl methyl sites for hydroxylation is 1. The Bertz CT molecular complexity index is 556. The zero-order valence-corrected chi connectivity index (χ0v) is 12.2. The predicted octanol–water partition coefficient (Wildman–Crippen LogP) is 2.15. The Morgan fingerprint density at radius 1 is 1.05 bits per heavy atom. The molecule has 110 valence electrons. The summed E-state index contributed by atoms with van der Waals surface area (Å²) in [5, 5.41) is 0. The summed E-state index contributed by atoms with van der Waals surface area (Å²) in [5.41, 5.74) is 1.65. The number of hydrogen-bond donors (Lipinski definition) is 0. The molecule has 0 aliphatic heterocycles. The molecule has 0 aliphatic carbocycles. The summed E-state index contributed by atoms with van der Waals surface area (Å²) in [6, 6.07) is 11.1. The number of esters is 1. The van der Waals surface area contributed by atoms with Crippen LogP contribution in [-0.2, 0) is 20.7 Å². The molecule has 0 fully saturated rings. The average molecular weight is 286 g/mol. The molecule has 0 aromatic carbocycles. The third-order valence-corrected chi connectivity index (χ3v) is 2.38. The minimum Gasteiger partial charge on any atom is -0.460 e. The van der Waals surface area contributed by atoms with Crippen LogP contribution in [0.2, 0.25) is 0 Å². The molecule has 0 bridgehead atoms. The first-order chi connectivity index (χ1) is 10.1. The van der Waals surface area contributed by atoms with Gasteiger partial charge in [-0.15, -0.1) is 0 Å². The summed E-state index contributed by atoms with van der Waals surface area (Å²) in [6.45, 7) is 3.85. The van der Waals surface area contributed by atoms with Gasteiger partial charge in [0.1, 0.15) is 0 Å². The third-order valence-electron chi connectivity index (χ3n) is 2.38. The fraction of sp³-hybridized carbons (Fsp3) is 0.250. The van der Waals surface area contributed by atoms with Crippen LogP contribution in [0.1, 0.15) is 18.3 Å². The molecule has 0 unspecified atom stereocenters. The number of Topliss-reactive ketones (excluding diaryl/α,β-unsaturated/α-hetero) is 1. The highest BCUT2D eigenvalue weighted by Crippen LogP contribution is 1.96. The molecule has 0 saturated carbocycles. The number of rotatable bonds is 4. The number of carbonyl (C=O) groups is 2. The van der Waals surface area contributed by atoms with Gasteiger partial charge in [0.15, 0.2) is 0 Å². The minimum atomic E-state index is -0.793. The van der Waals surface area contributed by atoms with Crippen molar-refractivity contribution in [2.45, 2.75) is 20.3 Å². The van der Waals surface area contributed by atoms with Crippen LogP contribution in [0.3, 0.4) is 0 Å². The fourth-order valence-electron chi connectivity index (χ4n) is 1.40. The van der Waals surface area contributed by atoms with Gasteiger partial charge in [-0.25, -0.2) is 4.79 Å². The van der Waals surface area contributed by atoms with E-state index in [1.54, 1.807) is 37.5 Å². The van der Waals surface area contributed by atoms with Crippen molar-refractivity contribution in [2.75, 3.05) is 6.61 Å². The normalized spacial score (nSPS) is 9.24. The van der Waals surface area contributed by atoms with Crippen LogP contribution >= 0.6 is 0 Å². The summed E-state index contributed by atoms with van der Waals surface area (Å²) < 4.78 is 4.56. The zero-order chi connectivity index (χ0) is 15.5. The van der Waals surface area contributed by atoms with Crippen LogP contribution < -0.4 is 0 Å². The van der Waals surface area contributed by atoms with Gasteiger partial charge >= 0.3 is 5.97 Å². The molecule has 5 heteroatoms. The maximum atomic E-state index is 11.2. The van der Waals surface area contributed by atoms with Crippen molar-refractivity contribution in [1.82, 2.24) is 9.97 Å². The molecule has 2 heterocycles. The van der Waals surface area contributed by atoms with E-state index in [0.717, 1.165) is 5.69 Å². The van der Waals surface area contributed by atoms with E-state index in [4.69, 9.17) is 0 Å². The summed E-state index contributed by atoms with van der Waals surface area (Å²) >= 11 is 0. The molecule has 0 atom stereocenters. The smallest absolute Gasteiger partial charge is 0.375 e. The molecule has 21 heavy (non-hydrogen) atoms. The molecule has 0 saturated heterocycles. The van der Waals surface area contributed by atoms with Gasteiger partial charge in [0.25, 0.3) is 0 Å². The van der Waals surface area contributed by atoms with E-state index in [-0.39, 0.29) is 13.0 Å². The number of nitrogens with zero attached hydrogens (tertiary/aromatic N) is 2. The lowest BCUT2D eigenvalue weighted by atomic mass is 10.2. The quantitative estimate of drug-likeness (QED) is 0.636. The third kappa shape index (κ3) is 6.96. The number of ketones is 1. The second kappa shape index (κ2) is 9.36. The van der Waals surface area contributed by atoms with E-state index in [0.29, 0.717) is 5.69 Å². The molecule has 0 radical (unpaired) electrons. The van der Waals surface area contributed by atoms with Crippen LogP contribution in [0.5, 0.6) is 0 Å². The lowest BCUT2D eigenvalue weighted by Crippen LogP contribution is -2.19. The van der Waals surface area contributed by atoms with E-state index in [9.17, 15) is 9.59 Å². The lowest BCUT2D eigenvalue weighted by Gasteiger charge is -1.99. The molecule has 2 aromatic heterocycles. The first-order valence-corrected chi connectivity index (χ1v) is 6.61. The highest BCUT2D eigenvalue weighted by molar-refractivity contribution is 6.34. The summed E-state index contributed by atoms with van der Waals surface area (Å²) in [7, 11) is 0. The Kier molecular flexibility index (Phi) is 7.35. The maximum absolute atomic E-state index is 11.2. The maximum Gasteiger partial charge on any atom is 0.375 e. The van der Waals surface area contributed by atoms with E-state index < -0.39 is 11.8 Å². The Morgan fingerprint density at radius 3 is 2.14 bits per heavy atom. The van der Waals surface area contributed by atoms with Gasteiger partial charge in [-0.05, 0) is 38.1 Å². The van der Waals surface area contributed by atoms with Crippen LogP contribution in [-0.4, -0.2) is 28.3 Å². The molecule has 0 amide bonds. The van der Waals surface area contributed by atoms with Crippen molar-refractivity contribution in [3.63, 3.8) is 0 Å². The van der Waals surface area contributed by atoms with E-state index in [1.165, 1.54) is 0 Å². The molecule has 0 aliphatic rings. The van der Waals surface area contributed by atoms with Crippen molar-refractivity contribution in [3.8, 4) is 0 Å². The van der Waals surface area contributed by atoms with Crippen molar-refractivity contribution in [2.24, 2.45) is 0 Å². The molecular weight excluding hydrogens is 268 g/mol. The number of ether oxygens (including phenoxy) is 1. The molecule has 2 aromatic rings. The first kappa shape index (κ1) is 16.5. The second-order valence-electron chi connectivity index (χ2n) is 4.11. The Hall–Kier alpha value is -2.56. The molecule has 5 nitrogen and oxygen atoms in total. The van der Waals surface area contributed by atoms with Crippen LogP contribution in [0.4, 0.5) is 0 Å². The SMILES string of the molecule is CCOC(=O)C(=O)Cc1ccccn1.Cc1ccccn1. The highest BCUT2D eigenvalue weighted by Gasteiger charge is 2.15. The van der Waals surface area contributed by atoms with Gasteiger partial charge in [0, 0.05) is 23.8 Å². The Balaban J connectivity index is 0.000000262. The minimum absolute atomic E-state index is 0.000324. The Morgan fingerprint density at radius 2 is 1.71 bits per heavy atom.